The van der Waals surface area contributed by atoms with Crippen LogP contribution in [0, 0.1) is 5.82 Å². The van der Waals surface area contributed by atoms with E-state index in [2.05, 4.69) is 25.7 Å². The number of hydrogen-bond donors (Lipinski definition) is 0. The Morgan fingerprint density at radius 3 is 2.83 bits per heavy atom. The molecule has 7 heteroatoms. The molecule has 0 radical (unpaired) electrons. The van der Waals surface area contributed by atoms with Gasteiger partial charge in [0.25, 0.3) is 0 Å². The van der Waals surface area contributed by atoms with Crippen molar-refractivity contribution in [3.63, 3.8) is 0 Å². The maximum Gasteiger partial charge on any atom is 0.387 e. The summed E-state index contributed by atoms with van der Waals surface area (Å²) in [5, 5.41) is 0. The Kier molecular flexibility index (Phi) is 3.75. The zero-order chi connectivity index (χ0) is 16.8. The fourth-order valence-electron chi connectivity index (χ4n) is 3.31. The van der Waals surface area contributed by atoms with Gasteiger partial charge in [0.15, 0.2) is 0 Å². The van der Waals surface area contributed by atoms with E-state index < -0.39 is 6.61 Å². The van der Waals surface area contributed by atoms with Gasteiger partial charge in [-0.05, 0) is 34.5 Å². The first-order valence-electron chi connectivity index (χ1n) is 7.44. The third-order valence-corrected chi connectivity index (χ3v) is 4.86. The molecule has 1 aliphatic heterocycles. The van der Waals surface area contributed by atoms with Crippen LogP contribution in [0.15, 0.2) is 40.9 Å². The number of ether oxygens (including phenoxy) is 1. The van der Waals surface area contributed by atoms with Gasteiger partial charge < -0.3 is 9.30 Å². The van der Waals surface area contributed by atoms with Crippen molar-refractivity contribution in [1.29, 1.82) is 0 Å². The predicted octanol–water partition coefficient (Wildman–Crippen LogP) is 5.07. The highest BCUT2D eigenvalue weighted by Gasteiger charge is 2.30. The lowest BCUT2D eigenvalue weighted by Crippen LogP contribution is -2.10. The average molecular weight is 397 g/mol. The largest absolute Gasteiger partial charge is 0.434 e. The Bertz CT molecular complexity index is 926. The van der Waals surface area contributed by atoms with Gasteiger partial charge in [-0.1, -0.05) is 18.2 Å². The van der Waals surface area contributed by atoms with Crippen LogP contribution in [-0.4, -0.2) is 16.2 Å². The van der Waals surface area contributed by atoms with Gasteiger partial charge in [-0.2, -0.15) is 8.78 Å². The first kappa shape index (κ1) is 15.5. The number of fused-ring (bicyclic) bond motifs is 3. The molecule has 0 saturated carbocycles. The number of halogens is 4. The van der Waals surface area contributed by atoms with Crippen LogP contribution in [0.5, 0.6) is 5.75 Å². The standard InChI is InChI=1S/C17H12BrF3N2O/c18-10-7-14-12(8-11(10)19)22-16-6-5-13(23(14)16)9-3-1-2-4-15(9)24-17(20)21/h1-4,7-8,13,17H,5-6H2. The third-order valence-electron chi connectivity index (χ3n) is 4.25. The van der Waals surface area contributed by atoms with Gasteiger partial charge in [0.1, 0.15) is 17.4 Å². The maximum absolute atomic E-state index is 13.7. The van der Waals surface area contributed by atoms with E-state index in [-0.39, 0.29) is 17.6 Å². The van der Waals surface area contributed by atoms with Crippen molar-refractivity contribution >= 4 is 27.0 Å². The van der Waals surface area contributed by atoms with Crippen LogP contribution in [0.25, 0.3) is 11.0 Å². The number of aryl methyl sites for hydroxylation is 1. The molecule has 3 aromatic rings. The molecule has 2 heterocycles. The number of para-hydroxylation sites is 1. The molecule has 0 fully saturated rings. The highest BCUT2D eigenvalue weighted by Crippen LogP contribution is 2.40. The summed E-state index contributed by atoms with van der Waals surface area (Å²) in [5.74, 6) is 0.602. The average Bonchev–Trinajstić information content (AvgIpc) is 3.08. The summed E-state index contributed by atoms with van der Waals surface area (Å²) >= 11 is 3.19. The molecule has 3 nitrogen and oxygen atoms in total. The van der Waals surface area contributed by atoms with E-state index in [0.717, 1.165) is 17.8 Å². The minimum atomic E-state index is -2.88. The van der Waals surface area contributed by atoms with Crippen LogP contribution >= 0.6 is 15.9 Å². The highest BCUT2D eigenvalue weighted by atomic mass is 79.9. The van der Waals surface area contributed by atoms with Crippen LogP contribution in [-0.2, 0) is 6.42 Å². The van der Waals surface area contributed by atoms with Crippen molar-refractivity contribution in [3.05, 3.63) is 58.1 Å². The number of rotatable bonds is 3. The van der Waals surface area contributed by atoms with Crippen molar-refractivity contribution in [2.75, 3.05) is 0 Å². The zero-order valence-electron chi connectivity index (χ0n) is 12.3. The molecule has 1 aromatic heterocycles. The minimum absolute atomic E-state index is 0.161. The Labute approximate surface area is 144 Å². The van der Waals surface area contributed by atoms with Gasteiger partial charge in [0.2, 0.25) is 0 Å². The molecule has 0 saturated heterocycles. The van der Waals surface area contributed by atoms with Crippen LogP contribution < -0.4 is 4.74 Å². The van der Waals surface area contributed by atoms with Crippen LogP contribution in [0.2, 0.25) is 0 Å². The van der Waals surface area contributed by atoms with Gasteiger partial charge in [-0.25, -0.2) is 9.37 Å². The lowest BCUT2D eigenvalue weighted by Gasteiger charge is -2.18. The van der Waals surface area contributed by atoms with E-state index >= 15 is 0 Å². The molecule has 124 valence electrons. The van der Waals surface area contributed by atoms with Crippen molar-refractivity contribution in [2.24, 2.45) is 0 Å². The van der Waals surface area contributed by atoms with Gasteiger partial charge in [0, 0.05) is 18.1 Å². The molecule has 1 aliphatic rings. The maximum atomic E-state index is 13.7. The van der Waals surface area contributed by atoms with Crippen molar-refractivity contribution in [2.45, 2.75) is 25.5 Å². The number of imidazole rings is 1. The number of aromatic nitrogens is 2. The second-order valence-electron chi connectivity index (χ2n) is 5.62. The molecule has 0 bridgehead atoms. The summed E-state index contributed by atoms with van der Waals surface area (Å²) in [6.45, 7) is -2.88. The molecule has 1 atom stereocenters. The van der Waals surface area contributed by atoms with E-state index in [1.165, 1.54) is 12.1 Å². The number of alkyl halides is 2. The Morgan fingerprint density at radius 2 is 2.04 bits per heavy atom. The Balaban J connectivity index is 1.86. The summed E-state index contributed by atoms with van der Waals surface area (Å²) in [6, 6.07) is 9.66. The van der Waals surface area contributed by atoms with Gasteiger partial charge in [0.05, 0.1) is 21.5 Å². The quantitative estimate of drug-likeness (QED) is 0.617. The van der Waals surface area contributed by atoms with E-state index in [0.29, 0.717) is 22.0 Å². The Hall–Kier alpha value is -2.02. The number of nitrogens with zero attached hydrogens (tertiary/aromatic N) is 2. The molecular formula is C17H12BrF3N2O. The topological polar surface area (TPSA) is 27.1 Å². The fraction of sp³-hybridized carbons (Fsp3) is 0.235. The SMILES string of the molecule is Fc1cc2nc3n(c2cc1Br)C(c1ccccc1OC(F)F)CC3. The Morgan fingerprint density at radius 1 is 1.25 bits per heavy atom. The van der Waals surface area contributed by atoms with E-state index in [4.69, 9.17) is 0 Å². The highest BCUT2D eigenvalue weighted by molar-refractivity contribution is 9.10. The van der Waals surface area contributed by atoms with E-state index in [1.54, 1.807) is 24.3 Å². The first-order valence-corrected chi connectivity index (χ1v) is 8.23. The van der Waals surface area contributed by atoms with Crippen molar-refractivity contribution in [3.8, 4) is 5.75 Å². The smallest absolute Gasteiger partial charge is 0.387 e. The monoisotopic (exact) mass is 396 g/mol. The second kappa shape index (κ2) is 5.81. The van der Waals surface area contributed by atoms with Crippen LogP contribution in [0.4, 0.5) is 13.2 Å². The molecule has 24 heavy (non-hydrogen) atoms. The minimum Gasteiger partial charge on any atom is -0.434 e. The first-order chi connectivity index (χ1) is 11.5. The summed E-state index contributed by atoms with van der Waals surface area (Å²) in [5.41, 5.74) is 2.01. The zero-order valence-corrected chi connectivity index (χ0v) is 13.9. The van der Waals surface area contributed by atoms with Gasteiger partial charge >= 0.3 is 6.61 Å². The molecular weight excluding hydrogens is 385 g/mol. The lowest BCUT2D eigenvalue weighted by molar-refractivity contribution is -0.0506. The second-order valence-corrected chi connectivity index (χ2v) is 6.48. The fourth-order valence-corrected chi connectivity index (χ4v) is 3.64. The number of hydrogen-bond acceptors (Lipinski definition) is 2. The molecule has 4 rings (SSSR count). The van der Waals surface area contributed by atoms with Gasteiger partial charge in [-0.15, -0.1) is 0 Å². The van der Waals surface area contributed by atoms with Crippen LogP contribution in [0.3, 0.4) is 0 Å². The molecule has 2 aromatic carbocycles. The summed E-state index contributed by atoms with van der Waals surface area (Å²) in [6.07, 6.45) is 1.43. The molecule has 1 unspecified atom stereocenters. The van der Waals surface area contributed by atoms with E-state index in [9.17, 15) is 13.2 Å². The van der Waals surface area contributed by atoms with E-state index in [1.807, 2.05) is 4.57 Å². The molecule has 0 spiro atoms. The van der Waals surface area contributed by atoms with Crippen molar-refractivity contribution in [1.82, 2.24) is 9.55 Å². The molecule has 0 amide bonds. The normalized spacial score (nSPS) is 16.8. The summed E-state index contributed by atoms with van der Waals surface area (Å²) in [7, 11) is 0. The summed E-state index contributed by atoms with van der Waals surface area (Å²) in [4.78, 5) is 4.47. The summed E-state index contributed by atoms with van der Waals surface area (Å²) < 4.78 is 46.1. The van der Waals surface area contributed by atoms with Gasteiger partial charge in [-0.3, -0.25) is 0 Å². The van der Waals surface area contributed by atoms with Crippen molar-refractivity contribution < 1.29 is 17.9 Å². The van der Waals surface area contributed by atoms with Crippen LogP contribution in [0.1, 0.15) is 23.9 Å². The third kappa shape index (κ3) is 2.47. The predicted molar refractivity (Wildman–Crippen MR) is 86.9 cm³/mol. The molecule has 0 aliphatic carbocycles. The lowest BCUT2D eigenvalue weighted by atomic mass is 10.0. The number of benzene rings is 2. The molecule has 0 N–H and O–H groups in total.